The third-order valence-electron chi connectivity index (χ3n) is 3.04. The number of aromatic nitrogens is 1. The highest BCUT2D eigenvalue weighted by atomic mass is 16.5. The molecule has 0 aliphatic rings. The first kappa shape index (κ1) is 13.9. The summed E-state index contributed by atoms with van der Waals surface area (Å²) in [5.74, 6) is -0.0398. The maximum Gasteiger partial charge on any atom is 0.341 e. The van der Waals surface area contributed by atoms with Gasteiger partial charge in [0.1, 0.15) is 11.4 Å². The van der Waals surface area contributed by atoms with E-state index in [1.54, 1.807) is 6.07 Å². The molecular formula is C15H17N3O2. The Kier molecular flexibility index (Phi) is 3.89. The molecule has 3 N–H and O–H groups in total. The Balaban J connectivity index is 2.46. The number of nitrogen functional groups attached to an aromatic ring is 1. The number of rotatable bonds is 3. The lowest BCUT2D eigenvalue weighted by atomic mass is 10.1. The molecule has 1 aromatic carbocycles. The number of carbonyl (C=O) groups is 1. The number of ether oxygens (including phenoxy) is 1. The molecular weight excluding hydrogens is 254 g/mol. The molecule has 5 heteroatoms. The Morgan fingerprint density at radius 1 is 1.30 bits per heavy atom. The molecule has 0 radical (unpaired) electrons. The van der Waals surface area contributed by atoms with Gasteiger partial charge in [-0.3, -0.25) is 0 Å². The van der Waals surface area contributed by atoms with Crippen molar-refractivity contribution in [1.82, 2.24) is 4.98 Å². The standard InChI is InChI=1S/C15H17N3O2/c1-9-5-4-6-10(2)13(9)18-14-12(15(19)20-3)7-11(16)8-17-14/h4-8H,16H2,1-3H3,(H,17,18). The molecule has 0 fully saturated rings. The summed E-state index contributed by atoms with van der Waals surface area (Å²) in [5.41, 5.74) is 9.47. The van der Waals surface area contributed by atoms with Crippen LogP contribution in [0, 0.1) is 13.8 Å². The van der Waals surface area contributed by atoms with E-state index in [-0.39, 0.29) is 0 Å². The van der Waals surface area contributed by atoms with Crippen molar-refractivity contribution in [2.45, 2.75) is 13.8 Å². The molecule has 5 nitrogen and oxygen atoms in total. The Bertz CT molecular complexity index is 633. The normalized spacial score (nSPS) is 10.2. The molecule has 1 aromatic heterocycles. The molecule has 0 unspecified atom stereocenters. The van der Waals surface area contributed by atoms with Gasteiger partial charge in [-0.05, 0) is 31.0 Å². The third kappa shape index (κ3) is 2.71. The van der Waals surface area contributed by atoms with Crippen LogP contribution < -0.4 is 11.1 Å². The lowest BCUT2D eigenvalue weighted by Crippen LogP contribution is -2.09. The topological polar surface area (TPSA) is 77.2 Å². The maximum absolute atomic E-state index is 11.8. The van der Waals surface area contributed by atoms with E-state index in [4.69, 9.17) is 10.5 Å². The summed E-state index contributed by atoms with van der Waals surface area (Å²) >= 11 is 0. The lowest BCUT2D eigenvalue weighted by molar-refractivity contribution is 0.0601. The fourth-order valence-corrected chi connectivity index (χ4v) is 1.98. The average molecular weight is 271 g/mol. The van der Waals surface area contributed by atoms with Gasteiger partial charge < -0.3 is 15.8 Å². The Labute approximate surface area is 117 Å². The van der Waals surface area contributed by atoms with Crippen LogP contribution in [0.2, 0.25) is 0 Å². The van der Waals surface area contributed by atoms with Crippen LogP contribution in [0.1, 0.15) is 21.5 Å². The summed E-state index contributed by atoms with van der Waals surface area (Å²) in [7, 11) is 1.33. The lowest BCUT2D eigenvalue weighted by Gasteiger charge is -2.14. The van der Waals surface area contributed by atoms with E-state index in [1.165, 1.54) is 13.3 Å². The van der Waals surface area contributed by atoms with Gasteiger partial charge in [-0.1, -0.05) is 18.2 Å². The summed E-state index contributed by atoms with van der Waals surface area (Å²) in [4.78, 5) is 16.0. The number of anilines is 3. The molecule has 104 valence electrons. The minimum Gasteiger partial charge on any atom is -0.465 e. The predicted octanol–water partition coefficient (Wildman–Crippen LogP) is 2.81. The van der Waals surface area contributed by atoms with Crippen molar-refractivity contribution < 1.29 is 9.53 Å². The highest BCUT2D eigenvalue weighted by Gasteiger charge is 2.15. The molecule has 2 rings (SSSR count). The number of nitrogens with zero attached hydrogens (tertiary/aromatic N) is 1. The van der Waals surface area contributed by atoms with Crippen LogP contribution in [0.25, 0.3) is 0 Å². The van der Waals surface area contributed by atoms with Gasteiger partial charge in [0.15, 0.2) is 0 Å². The number of hydrogen-bond acceptors (Lipinski definition) is 5. The average Bonchev–Trinajstić information content (AvgIpc) is 2.43. The van der Waals surface area contributed by atoms with E-state index in [0.29, 0.717) is 17.1 Å². The molecule has 0 amide bonds. The SMILES string of the molecule is COC(=O)c1cc(N)cnc1Nc1c(C)cccc1C. The fraction of sp³-hybridized carbons (Fsp3) is 0.200. The second kappa shape index (κ2) is 5.61. The Hall–Kier alpha value is -2.56. The Morgan fingerprint density at radius 2 is 1.95 bits per heavy atom. The van der Waals surface area contributed by atoms with E-state index in [1.807, 2.05) is 32.0 Å². The monoisotopic (exact) mass is 271 g/mol. The van der Waals surface area contributed by atoms with Crippen LogP contribution in [-0.2, 0) is 4.74 Å². The first-order chi connectivity index (χ1) is 9.52. The van der Waals surface area contributed by atoms with Gasteiger partial charge in [-0.2, -0.15) is 0 Å². The van der Waals surface area contributed by atoms with Gasteiger partial charge in [0, 0.05) is 5.69 Å². The van der Waals surface area contributed by atoms with Gasteiger partial charge in [0.05, 0.1) is 19.0 Å². The summed E-state index contributed by atoms with van der Waals surface area (Å²) in [6, 6.07) is 7.51. The number of carbonyl (C=O) groups excluding carboxylic acids is 1. The summed E-state index contributed by atoms with van der Waals surface area (Å²) in [6.45, 7) is 3.98. The van der Waals surface area contributed by atoms with Crippen LogP contribution in [0.5, 0.6) is 0 Å². The molecule has 0 spiro atoms. The van der Waals surface area contributed by atoms with Crippen LogP contribution >= 0.6 is 0 Å². The number of pyridine rings is 1. The Morgan fingerprint density at radius 3 is 2.55 bits per heavy atom. The summed E-state index contributed by atoms with van der Waals surface area (Å²) < 4.78 is 4.76. The van der Waals surface area contributed by atoms with Crippen LogP contribution in [0.15, 0.2) is 30.5 Å². The zero-order valence-corrected chi connectivity index (χ0v) is 11.7. The zero-order valence-electron chi connectivity index (χ0n) is 11.7. The molecule has 0 saturated carbocycles. The van der Waals surface area contributed by atoms with Crippen molar-refractivity contribution in [2.24, 2.45) is 0 Å². The van der Waals surface area contributed by atoms with Gasteiger partial charge >= 0.3 is 5.97 Å². The zero-order chi connectivity index (χ0) is 14.7. The molecule has 0 atom stereocenters. The van der Waals surface area contributed by atoms with E-state index in [9.17, 15) is 4.79 Å². The van der Waals surface area contributed by atoms with Crippen molar-refractivity contribution >= 4 is 23.2 Å². The van der Waals surface area contributed by atoms with Gasteiger partial charge in [0.25, 0.3) is 0 Å². The number of aryl methyl sites for hydroxylation is 2. The quantitative estimate of drug-likeness (QED) is 0.839. The minimum atomic E-state index is -0.474. The van der Waals surface area contributed by atoms with Crippen molar-refractivity contribution in [3.63, 3.8) is 0 Å². The highest BCUT2D eigenvalue weighted by Crippen LogP contribution is 2.26. The molecule has 0 saturated heterocycles. The minimum absolute atomic E-state index is 0.315. The number of nitrogens with one attached hydrogen (secondary N) is 1. The van der Waals surface area contributed by atoms with E-state index in [2.05, 4.69) is 10.3 Å². The molecule has 0 aliphatic carbocycles. The number of benzene rings is 1. The van der Waals surface area contributed by atoms with Gasteiger partial charge in [-0.15, -0.1) is 0 Å². The van der Waals surface area contributed by atoms with E-state index in [0.717, 1.165) is 16.8 Å². The third-order valence-corrected chi connectivity index (χ3v) is 3.04. The summed E-state index contributed by atoms with van der Waals surface area (Å²) in [6.07, 6.45) is 1.50. The van der Waals surface area contributed by atoms with Crippen LogP contribution in [0.3, 0.4) is 0 Å². The van der Waals surface area contributed by atoms with E-state index < -0.39 is 5.97 Å². The first-order valence-electron chi connectivity index (χ1n) is 6.20. The van der Waals surface area contributed by atoms with Crippen LogP contribution in [-0.4, -0.2) is 18.1 Å². The van der Waals surface area contributed by atoms with Crippen molar-refractivity contribution in [1.29, 1.82) is 0 Å². The fourth-order valence-electron chi connectivity index (χ4n) is 1.98. The van der Waals surface area contributed by atoms with Gasteiger partial charge in [0.2, 0.25) is 0 Å². The van der Waals surface area contributed by atoms with Crippen molar-refractivity contribution in [3.05, 3.63) is 47.2 Å². The smallest absolute Gasteiger partial charge is 0.341 e. The van der Waals surface area contributed by atoms with E-state index >= 15 is 0 Å². The highest BCUT2D eigenvalue weighted by molar-refractivity contribution is 5.96. The molecule has 2 aromatic rings. The largest absolute Gasteiger partial charge is 0.465 e. The number of nitrogens with two attached hydrogens (primary N) is 1. The molecule has 20 heavy (non-hydrogen) atoms. The maximum atomic E-state index is 11.8. The van der Waals surface area contributed by atoms with Crippen LogP contribution in [0.4, 0.5) is 17.2 Å². The predicted molar refractivity (Wildman–Crippen MR) is 79.2 cm³/mol. The molecule has 0 bridgehead atoms. The number of para-hydroxylation sites is 1. The van der Waals surface area contributed by atoms with Crippen molar-refractivity contribution in [2.75, 3.05) is 18.2 Å². The number of methoxy groups -OCH3 is 1. The van der Waals surface area contributed by atoms with Gasteiger partial charge in [-0.25, -0.2) is 9.78 Å². The van der Waals surface area contributed by atoms with Crippen molar-refractivity contribution in [3.8, 4) is 0 Å². The second-order valence-corrected chi connectivity index (χ2v) is 4.55. The number of hydrogen-bond donors (Lipinski definition) is 2. The molecule has 1 heterocycles. The molecule has 0 aliphatic heterocycles. The first-order valence-corrected chi connectivity index (χ1v) is 6.20. The second-order valence-electron chi connectivity index (χ2n) is 4.55. The number of esters is 1. The summed E-state index contributed by atoms with van der Waals surface area (Å²) in [5, 5.41) is 3.18.